The number of halogens is 1. The Balaban J connectivity index is 1.41. The molecule has 25 heavy (non-hydrogen) atoms. The third kappa shape index (κ3) is 3.54. The van der Waals surface area contributed by atoms with Gasteiger partial charge < -0.3 is 4.90 Å². The summed E-state index contributed by atoms with van der Waals surface area (Å²) in [5.41, 5.74) is 0.728. The van der Waals surface area contributed by atoms with Crippen molar-refractivity contribution in [3.8, 4) is 11.4 Å². The standard InChI is InChI=1S/C18H22ClN5O/c19-16-8-4-3-7-15(16)18-20-22-24(21-18)12-17(25)23-10-9-13-5-1-2-6-14(13)11-23/h3-4,7-8,13-14H,1-2,5-6,9-12H2/t13-,14+/m1/s1. The van der Waals surface area contributed by atoms with Crippen molar-refractivity contribution in [2.24, 2.45) is 11.8 Å². The van der Waals surface area contributed by atoms with E-state index < -0.39 is 0 Å². The van der Waals surface area contributed by atoms with Crippen molar-refractivity contribution in [2.75, 3.05) is 13.1 Å². The first kappa shape index (κ1) is 16.5. The maximum atomic E-state index is 12.6. The number of rotatable bonds is 3. The predicted octanol–water partition coefficient (Wildman–Crippen LogP) is 3.03. The van der Waals surface area contributed by atoms with Crippen LogP contribution in [0.3, 0.4) is 0 Å². The molecule has 1 aromatic carbocycles. The summed E-state index contributed by atoms with van der Waals surface area (Å²) in [5, 5.41) is 13.0. The number of tetrazole rings is 1. The SMILES string of the molecule is O=C(Cn1nnc(-c2ccccc2Cl)n1)N1CC[C@H]2CCCC[C@H]2C1. The molecular formula is C18H22ClN5O. The highest BCUT2D eigenvalue weighted by Gasteiger charge is 2.33. The average Bonchev–Trinajstić information content (AvgIpc) is 3.10. The number of nitrogens with zero attached hydrogens (tertiary/aromatic N) is 5. The van der Waals surface area contributed by atoms with Crippen molar-refractivity contribution in [3.63, 3.8) is 0 Å². The Morgan fingerprint density at radius 3 is 2.80 bits per heavy atom. The maximum Gasteiger partial charge on any atom is 0.246 e. The van der Waals surface area contributed by atoms with Crippen LogP contribution in [0, 0.1) is 11.8 Å². The molecule has 132 valence electrons. The summed E-state index contributed by atoms with van der Waals surface area (Å²) in [6, 6.07) is 7.37. The van der Waals surface area contributed by atoms with E-state index in [-0.39, 0.29) is 12.5 Å². The molecule has 7 heteroatoms. The Morgan fingerprint density at radius 2 is 1.96 bits per heavy atom. The van der Waals surface area contributed by atoms with Gasteiger partial charge in [0.1, 0.15) is 6.54 Å². The van der Waals surface area contributed by atoms with Crippen LogP contribution in [0.1, 0.15) is 32.1 Å². The molecule has 6 nitrogen and oxygen atoms in total. The Labute approximate surface area is 152 Å². The second-order valence-electron chi connectivity index (χ2n) is 7.06. The molecule has 1 saturated heterocycles. The van der Waals surface area contributed by atoms with Crippen LogP contribution in [0.25, 0.3) is 11.4 Å². The molecule has 2 fully saturated rings. The van der Waals surface area contributed by atoms with Gasteiger partial charge >= 0.3 is 0 Å². The fourth-order valence-electron chi connectivity index (χ4n) is 4.11. The number of carbonyl (C=O) groups excluding carboxylic acids is 1. The minimum absolute atomic E-state index is 0.0760. The third-order valence-electron chi connectivity index (χ3n) is 5.49. The molecule has 0 radical (unpaired) electrons. The van der Waals surface area contributed by atoms with E-state index in [2.05, 4.69) is 15.4 Å². The van der Waals surface area contributed by atoms with Gasteiger partial charge in [0.25, 0.3) is 0 Å². The molecule has 1 aromatic heterocycles. The number of amides is 1. The molecule has 2 atom stereocenters. The van der Waals surface area contributed by atoms with Gasteiger partial charge in [0.15, 0.2) is 0 Å². The van der Waals surface area contributed by atoms with Crippen molar-refractivity contribution in [3.05, 3.63) is 29.3 Å². The van der Waals surface area contributed by atoms with Crippen LogP contribution in [0.15, 0.2) is 24.3 Å². The summed E-state index contributed by atoms with van der Waals surface area (Å²) < 4.78 is 0. The molecule has 1 aliphatic carbocycles. The van der Waals surface area contributed by atoms with Crippen LogP contribution >= 0.6 is 11.6 Å². The van der Waals surface area contributed by atoms with Gasteiger partial charge in [-0.25, -0.2) is 0 Å². The van der Waals surface area contributed by atoms with Crippen molar-refractivity contribution >= 4 is 17.5 Å². The largest absolute Gasteiger partial charge is 0.341 e. The first-order valence-electron chi connectivity index (χ1n) is 9.01. The molecule has 1 amide bonds. The Bertz CT molecular complexity index is 761. The summed E-state index contributed by atoms with van der Waals surface area (Å²) in [4.78, 5) is 16.0. The number of aromatic nitrogens is 4. The van der Waals surface area contributed by atoms with Crippen LogP contribution in [0.4, 0.5) is 0 Å². The molecule has 1 saturated carbocycles. The lowest BCUT2D eigenvalue weighted by Gasteiger charge is -2.41. The second kappa shape index (κ2) is 7.12. The van der Waals surface area contributed by atoms with Gasteiger partial charge in [0.2, 0.25) is 11.7 Å². The summed E-state index contributed by atoms with van der Waals surface area (Å²) in [5.74, 6) is 2.01. The van der Waals surface area contributed by atoms with Crippen molar-refractivity contribution in [2.45, 2.75) is 38.6 Å². The summed E-state index contributed by atoms with van der Waals surface area (Å²) in [6.45, 7) is 1.87. The Hall–Kier alpha value is -1.95. The van der Waals surface area contributed by atoms with E-state index in [1.165, 1.54) is 30.5 Å². The zero-order chi connectivity index (χ0) is 17.2. The fraction of sp³-hybridized carbons (Fsp3) is 0.556. The van der Waals surface area contributed by atoms with E-state index in [4.69, 9.17) is 11.6 Å². The lowest BCUT2D eigenvalue weighted by atomic mass is 9.75. The molecule has 2 aliphatic rings. The van der Waals surface area contributed by atoms with E-state index in [1.54, 1.807) is 6.07 Å². The monoisotopic (exact) mass is 359 g/mol. The van der Waals surface area contributed by atoms with Gasteiger partial charge in [-0.05, 0) is 42.0 Å². The number of likely N-dealkylation sites (tertiary alicyclic amines) is 1. The van der Waals surface area contributed by atoms with Gasteiger partial charge in [0.05, 0.1) is 5.02 Å². The first-order chi connectivity index (χ1) is 12.2. The van der Waals surface area contributed by atoms with Crippen LogP contribution in [0.2, 0.25) is 5.02 Å². The minimum atomic E-state index is 0.0760. The highest BCUT2D eigenvalue weighted by Crippen LogP contribution is 2.36. The fourth-order valence-corrected chi connectivity index (χ4v) is 4.33. The van der Waals surface area contributed by atoms with Crippen molar-refractivity contribution in [1.82, 2.24) is 25.1 Å². The van der Waals surface area contributed by atoms with Crippen LogP contribution < -0.4 is 0 Å². The van der Waals surface area contributed by atoms with E-state index in [9.17, 15) is 4.79 Å². The van der Waals surface area contributed by atoms with Gasteiger partial charge in [-0.1, -0.05) is 43.0 Å². The summed E-state index contributed by atoms with van der Waals surface area (Å²) >= 11 is 6.17. The van der Waals surface area contributed by atoms with Crippen molar-refractivity contribution < 1.29 is 4.79 Å². The van der Waals surface area contributed by atoms with Gasteiger partial charge in [0, 0.05) is 18.7 Å². The second-order valence-corrected chi connectivity index (χ2v) is 7.46. The molecular weight excluding hydrogens is 338 g/mol. The average molecular weight is 360 g/mol. The highest BCUT2D eigenvalue weighted by molar-refractivity contribution is 6.33. The van der Waals surface area contributed by atoms with Crippen LogP contribution in [0.5, 0.6) is 0 Å². The van der Waals surface area contributed by atoms with E-state index >= 15 is 0 Å². The highest BCUT2D eigenvalue weighted by atomic mass is 35.5. The van der Waals surface area contributed by atoms with Gasteiger partial charge in [-0.2, -0.15) is 4.80 Å². The van der Waals surface area contributed by atoms with Crippen molar-refractivity contribution in [1.29, 1.82) is 0 Å². The number of carbonyl (C=O) groups is 1. The number of piperidine rings is 1. The normalized spacial score (nSPS) is 23.3. The third-order valence-corrected chi connectivity index (χ3v) is 5.82. The van der Waals surface area contributed by atoms with Crippen LogP contribution in [-0.2, 0) is 11.3 Å². The predicted molar refractivity (Wildman–Crippen MR) is 94.9 cm³/mol. The lowest BCUT2D eigenvalue weighted by molar-refractivity contribution is -0.135. The molecule has 0 N–H and O–H groups in total. The summed E-state index contributed by atoms with van der Waals surface area (Å²) in [7, 11) is 0. The number of benzene rings is 1. The van der Waals surface area contributed by atoms with Gasteiger partial charge in [-0.3, -0.25) is 4.79 Å². The summed E-state index contributed by atoms with van der Waals surface area (Å²) in [6.07, 6.45) is 6.37. The zero-order valence-corrected chi connectivity index (χ0v) is 14.9. The molecule has 0 unspecified atom stereocenters. The molecule has 4 rings (SSSR count). The quantitative estimate of drug-likeness (QED) is 0.845. The van der Waals surface area contributed by atoms with Gasteiger partial charge in [-0.15, -0.1) is 10.2 Å². The maximum absolute atomic E-state index is 12.6. The Kier molecular flexibility index (Phi) is 4.70. The number of hydrogen-bond acceptors (Lipinski definition) is 4. The number of hydrogen-bond donors (Lipinski definition) is 0. The zero-order valence-electron chi connectivity index (χ0n) is 14.1. The Morgan fingerprint density at radius 1 is 1.16 bits per heavy atom. The molecule has 2 aromatic rings. The van der Waals surface area contributed by atoms with E-state index in [0.717, 1.165) is 31.0 Å². The lowest BCUT2D eigenvalue weighted by Crippen LogP contribution is -2.46. The van der Waals surface area contributed by atoms with Crippen LogP contribution in [-0.4, -0.2) is 44.1 Å². The molecule has 2 heterocycles. The molecule has 0 spiro atoms. The van der Waals surface area contributed by atoms with E-state index in [0.29, 0.717) is 16.8 Å². The minimum Gasteiger partial charge on any atom is -0.341 e. The molecule has 1 aliphatic heterocycles. The molecule has 0 bridgehead atoms. The number of fused-ring (bicyclic) bond motifs is 1. The van der Waals surface area contributed by atoms with E-state index in [1.807, 2.05) is 23.1 Å². The topological polar surface area (TPSA) is 63.9 Å². The smallest absolute Gasteiger partial charge is 0.246 e. The first-order valence-corrected chi connectivity index (χ1v) is 9.39.